The van der Waals surface area contributed by atoms with E-state index in [1.54, 1.807) is 0 Å². The van der Waals surface area contributed by atoms with Crippen molar-refractivity contribution in [2.45, 2.75) is 431 Å². The van der Waals surface area contributed by atoms with Gasteiger partial charge in [-0.1, -0.05) is 391 Å². The molecule has 0 saturated carbocycles. The van der Waals surface area contributed by atoms with E-state index < -0.39 is 6.10 Å². The molecule has 0 aromatic heterocycles. The predicted octanol–water partition coefficient (Wildman–Crippen LogP) is 25.6. The van der Waals surface area contributed by atoms with Crippen LogP contribution in [0.3, 0.4) is 0 Å². The molecule has 1 unspecified atom stereocenters. The number of rotatable bonds is 70. The smallest absolute Gasteiger partial charge is 0.306 e. The minimum absolute atomic E-state index is 0.0571. The van der Waals surface area contributed by atoms with Gasteiger partial charge in [0.05, 0.1) is 6.61 Å². The monoisotopic (exact) mass is 1130 g/mol. The molecule has 0 aromatic rings. The van der Waals surface area contributed by atoms with E-state index in [9.17, 15) is 14.7 Å². The van der Waals surface area contributed by atoms with Gasteiger partial charge in [0.25, 0.3) is 0 Å². The molecule has 0 heterocycles. The van der Waals surface area contributed by atoms with E-state index in [1.165, 1.54) is 360 Å². The molecule has 0 aliphatic carbocycles. The summed E-state index contributed by atoms with van der Waals surface area (Å²) in [5.41, 5.74) is 0. The van der Waals surface area contributed by atoms with Gasteiger partial charge < -0.3 is 14.6 Å². The minimum Gasteiger partial charge on any atom is -0.462 e. The summed E-state index contributed by atoms with van der Waals surface area (Å²) in [6, 6.07) is 0. The topological polar surface area (TPSA) is 72.8 Å². The van der Waals surface area contributed by atoms with Crippen molar-refractivity contribution >= 4 is 11.9 Å². The van der Waals surface area contributed by atoms with Gasteiger partial charge in [0.1, 0.15) is 6.61 Å². The van der Waals surface area contributed by atoms with E-state index in [2.05, 4.69) is 38.2 Å². The number of allylic oxidation sites excluding steroid dienone is 4. The highest BCUT2D eigenvalue weighted by atomic mass is 16.6. The van der Waals surface area contributed by atoms with Crippen molar-refractivity contribution in [3.05, 3.63) is 24.3 Å². The van der Waals surface area contributed by atoms with Gasteiger partial charge in [0.2, 0.25) is 0 Å². The van der Waals surface area contributed by atoms with E-state index in [-0.39, 0.29) is 25.2 Å². The van der Waals surface area contributed by atoms with Gasteiger partial charge >= 0.3 is 11.9 Å². The Bertz CT molecular complexity index is 1230. The third-order valence-corrected chi connectivity index (χ3v) is 17.2. The molecule has 0 amide bonds. The van der Waals surface area contributed by atoms with Crippen LogP contribution in [0.2, 0.25) is 0 Å². The van der Waals surface area contributed by atoms with Gasteiger partial charge in [0.15, 0.2) is 6.10 Å². The zero-order valence-corrected chi connectivity index (χ0v) is 54.6. The fourth-order valence-electron chi connectivity index (χ4n) is 11.7. The summed E-state index contributed by atoms with van der Waals surface area (Å²) >= 11 is 0. The average molecular weight is 1130 g/mol. The van der Waals surface area contributed by atoms with Crippen molar-refractivity contribution in [3.63, 3.8) is 0 Å². The molecule has 0 radical (unpaired) electrons. The lowest BCUT2D eigenvalue weighted by molar-refractivity contribution is -0.161. The molecule has 0 rings (SSSR count). The zero-order valence-electron chi connectivity index (χ0n) is 54.6. The number of carbonyl (C=O) groups excluding carboxylic acids is 2. The molecule has 0 saturated heterocycles. The molecule has 0 bridgehead atoms. The summed E-state index contributed by atoms with van der Waals surface area (Å²) in [6.07, 6.45) is 93.9. The minimum atomic E-state index is -0.768. The van der Waals surface area contributed by atoms with Gasteiger partial charge in [-0.15, -0.1) is 0 Å². The normalized spacial score (nSPS) is 12.2. The van der Waals surface area contributed by atoms with Gasteiger partial charge in [-0.3, -0.25) is 9.59 Å². The van der Waals surface area contributed by atoms with E-state index >= 15 is 0 Å². The van der Waals surface area contributed by atoms with Crippen molar-refractivity contribution in [2.24, 2.45) is 0 Å². The van der Waals surface area contributed by atoms with Crippen LogP contribution in [0.15, 0.2) is 24.3 Å². The molecule has 0 fully saturated rings. The molecule has 0 aliphatic heterocycles. The Hall–Kier alpha value is -1.62. The molecule has 0 spiro atoms. The Kier molecular flexibility index (Phi) is 70.2. The van der Waals surface area contributed by atoms with E-state index in [1.807, 2.05) is 0 Å². The predicted molar refractivity (Wildman–Crippen MR) is 353 cm³/mol. The summed E-state index contributed by atoms with van der Waals surface area (Å²) in [5, 5.41) is 9.71. The van der Waals surface area contributed by atoms with Crippen LogP contribution in [0.4, 0.5) is 0 Å². The number of ether oxygens (including phenoxy) is 2. The summed E-state index contributed by atoms with van der Waals surface area (Å²) in [7, 11) is 0. The number of unbranched alkanes of at least 4 members (excludes halogenated alkanes) is 58. The van der Waals surface area contributed by atoms with Crippen molar-refractivity contribution in [1.82, 2.24) is 0 Å². The van der Waals surface area contributed by atoms with E-state index in [0.29, 0.717) is 12.8 Å². The van der Waals surface area contributed by atoms with Crippen LogP contribution >= 0.6 is 0 Å². The lowest BCUT2D eigenvalue weighted by atomic mass is 10.0. The summed E-state index contributed by atoms with van der Waals surface area (Å²) in [4.78, 5) is 24.7. The van der Waals surface area contributed by atoms with Crippen LogP contribution in [0, 0.1) is 0 Å². The second kappa shape index (κ2) is 71.6. The van der Waals surface area contributed by atoms with Crippen LogP contribution < -0.4 is 0 Å². The largest absolute Gasteiger partial charge is 0.462 e. The first-order valence-electron chi connectivity index (χ1n) is 36.9. The standard InChI is InChI=1S/C75H144O5/c1-3-5-7-9-11-13-15-17-19-21-23-25-27-29-31-33-35-36-37-38-40-42-44-46-48-50-52-54-56-58-60-62-64-66-68-70-75(78)80-73(71-76)72-79-74(77)69-67-65-63-61-59-57-55-53-51-49-47-45-43-41-39-34-32-30-28-26-24-22-20-18-16-14-12-10-8-6-4-2/h15,17,21,23,73,76H,3-14,16,18-20,22,24-72H2,1-2H3/b17-15-,23-21-. The third-order valence-electron chi connectivity index (χ3n) is 17.2. The number of hydrogen-bond donors (Lipinski definition) is 1. The van der Waals surface area contributed by atoms with E-state index in [4.69, 9.17) is 9.47 Å². The van der Waals surface area contributed by atoms with Crippen LogP contribution in [0.5, 0.6) is 0 Å². The number of carbonyl (C=O) groups is 2. The number of aliphatic hydroxyl groups is 1. The highest BCUT2D eigenvalue weighted by Gasteiger charge is 2.16. The molecule has 5 heteroatoms. The molecule has 1 atom stereocenters. The lowest BCUT2D eigenvalue weighted by Gasteiger charge is -2.15. The molecule has 1 N–H and O–H groups in total. The van der Waals surface area contributed by atoms with Crippen LogP contribution in [0.1, 0.15) is 425 Å². The number of hydrogen-bond acceptors (Lipinski definition) is 5. The first kappa shape index (κ1) is 78.4. The Morgan fingerprint density at radius 3 is 0.738 bits per heavy atom. The molecule has 0 aliphatic rings. The highest BCUT2D eigenvalue weighted by molar-refractivity contribution is 5.70. The quantitative estimate of drug-likeness (QED) is 0.0373. The van der Waals surface area contributed by atoms with Crippen molar-refractivity contribution < 1.29 is 24.2 Å². The SMILES string of the molecule is CCCCCCC/C=C\C/C=C\CCCCCCCCCCCCCCCCCCCCCCCCCC(=O)OC(CO)COC(=O)CCCCCCCCCCCCCCCCCCCCCCCCCCCCCCCCC. The van der Waals surface area contributed by atoms with Crippen molar-refractivity contribution in [1.29, 1.82) is 0 Å². The Balaban J connectivity index is 3.36. The number of aliphatic hydroxyl groups excluding tert-OH is 1. The second-order valence-corrected chi connectivity index (χ2v) is 25.4. The average Bonchev–Trinajstić information content (AvgIpc) is 3.46. The second-order valence-electron chi connectivity index (χ2n) is 25.4. The number of esters is 2. The van der Waals surface area contributed by atoms with Crippen LogP contribution in [0.25, 0.3) is 0 Å². The maximum absolute atomic E-state index is 12.4. The maximum atomic E-state index is 12.4. The molecule has 474 valence electrons. The zero-order chi connectivity index (χ0) is 57.6. The Labute approximate surface area is 502 Å². The van der Waals surface area contributed by atoms with Gasteiger partial charge in [-0.05, 0) is 44.9 Å². The molecular weight excluding hydrogens is 981 g/mol. The molecule has 80 heavy (non-hydrogen) atoms. The van der Waals surface area contributed by atoms with Crippen molar-refractivity contribution in [2.75, 3.05) is 13.2 Å². The summed E-state index contributed by atoms with van der Waals surface area (Å²) in [6.45, 7) is 4.21. The van der Waals surface area contributed by atoms with Gasteiger partial charge in [-0.25, -0.2) is 0 Å². The van der Waals surface area contributed by atoms with Crippen LogP contribution in [-0.2, 0) is 19.1 Å². The Morgan fingerprint density at radius 2 is 0.500 bits per heavy atom. The van der Waals surface area contributed by atoms with Crippen molar-refractivity contribution in [3.8, 4) is 0 Å². The van der Waals surface area contributed by atoms with Crippen LogP contribution in [-0.4, -0.2) is 36.4 Å². The fraction of sp³-hybridized carbons (Fsp3) is 0.920. The van der Waals surface area contributed by atoms with Gasteiger partial charge in [-0.2, -0.15) is 0 Å². The third kappa shape index (κ3) is 68.9. The molecular formula is C75H144O5. The summed E-state index contributed by atoms with van der Waals surface area (Å²) in [5.74, 6) is -0.561. The maximum Gasteiger partial charge on any atom is 0.306 e. The van der Waals surface area contributed by atoms with E-state index in [0.717, 1.165) is 38.5 Å². The highest BCUT2D eigenvalue weighted by Crippen LogP contribution is 2.20. The Morgan fingerprint density at radius 1 is 0.287 bits per heavy atom. The van der Waals surface area contributed by atoms with Gasteiger partial charge in [0, 0.05) is 12.8 Å². The molecule has 0 aromatic carbocycles. The first-order valence-corrected chi connectivity index (χ1v) is 36.9. The molecule has 5 nitrogen and oxygen atoms in total. The first-order chi connectivity index (χ1) is 39.6. The fourth-order valence-corrected chi connectivity index (χ4v) is 11.7. The lowest BCUT2D eigenvalue weighted by Crippen LogP contribution is -2.28. The summed E-state index contributed by atoms with van der Waals surface area (Å²) < 4.78 is 10.8.